The summed E-state index contributed by atoms with van der Waals surface area (Å²) in [5.41, 5.74) is 8.93. The Morgan fingerprint density at radius 2 is 1.61 bits per heavy atom. The fourth-order valence-corrected chi connectivity index (χ4v) is 4.38. The van der Waals surface area contributed by atoms with Gasteiger partial charge in [0.05, 0.1) is 10.6 Å². The van der Waals surface area contributed by atoms with E-state index in [-0.39, 0.29) is 16.6 Å². The van der Waals surface area contributed by atoms with Crippen molar-refractivity contribution in [1.82, 2.24) is 0 Å². The molecule has 6 N–H and O–H groups in total. The minimum Gasteiger partial charge on any atom is -0.455 e. The zero-order valence-corrected chi connectivity index (χ0v) is 20.2. The van der Waals surface area contributed by atoms with E-state index in [9.17, 15) is 13.2 Å². The zero-order valence-electron chi connectivity index (χ0n) is 19.4. The number of amidine groups is 1. The van der Waals surface area contributed by atoms with Crippen LogP contribution in [0.15, 0.2) is 95.9 Å². The number of nitrogens with two attached hydrogens (primary N) is 2. The van der Waals surface area contributed by atoms with Gasteiger partial charge in [-0.25, -0.2) is 13.6 Å². The van der Waals surface area contributed by atoms with Crippen LogP contribution < -0.4 is 20.9 Å². The molecule has 4 aromatic carbocycles. The summed E-state index contributed by atoms with van der Waals surface area (Å²) in [6.45, 7) is 1.91. The van der Waals surface area contributed by atoms with Gasteiger partial charge in [-0.1, -0.05) is 48.5 Å². The summed E-state index contributed by atoms with van der Waals surface area (Å²) < 4.78 is 29.9. The Hall–Kier alpha value is -4.47. The second kappa shape index (κ2) is 10.0. The number of anilines is 1. The smallest absolute Gasteiger partial charge is 0.255 e. The van der Waals surface area contributed by atoms with E-state index in [1.165, 1.54) is 6.07 Å². The molecule has 0 aromatic heterocycles. The summed E-state index contributed by atoms with van der Waals surface area (Å²) in [6.07, 6.45) is 0. The molecule has 0 atom stereocenters. The second-order valence-corrected chi connectivity index (χ2v) is 9.65. The van der Waals surface area contributed by atoms with Gasteiger partial charge in [-0.2, -0.15) is 0 Å². The lowest BCUT2D eigenvalue weighted by molar-refractivity contribution is 0.102. The molecule has 182 valence electrons. The van der Waals surface area contributed by atoms with Crippen molar-refractivity contribution in [2.24, 2.45) is 10.9 Å². The van der Waals surface area contributed by atoms with Crippen molar-refractivity contribution in [2.45, 2.75) is 11.8 Å². The maximum Gasteiger partial charge on any atom is 0.255 e. The molecule has 4 rings (SSSR count). The third-order valence-corrected chi connectivity index (χ3v) is 6.38. The van der Waals surface area contributed by atoms with Gasteiger partial charge in [0.25, 0.3) is 5.91 Å². The van der Waals surface area contributed by atoms with E-state index in [0.717, 1.165) is 5.56 Å². The fourth-order valence-electron chi connectivity index (χ4n) is 3.62. The van der Waals surface area contributed by atoms with Gasteiger partial charge in [0.2, 0.25) is 10.0 Å². The molecule has 0 bridgehead atoms. The molecule has 0 aliphatic rings. The standard InChI is InChI=1S/C27H24N4O4S/c1-17-9-14-23(24(15-17)35-21-6-4-5-20(16-21)26(28)29)31-27(32)19-12-10-18(11-13-19)22-7-2-3-8-25(22)36(30,33)34/h2-16H,1H3,(H3,28,29)(H,31,32)(H2,30,33,34). The highest BCUT2D eigenvalue weighted by molar-refractivity contribution is 7.89. The summed E-state index contributed by atoms with van der Waals surface area (Å²) in [7, 11) is -3.90. The Labute approximate surface area is 209 Å². The van der Waals surface area contributed by atoms with E-state index in [4.69, 9.17) is 21.0 Å². The Balaban J connectivity index is 1.58. The molecule has 0 saturated heterocycles. The lowest BCUT2D eigenvalue weighted by atomic mass is 10.0. The van der Waals surface area contributed by atoms with Gasteiger partial charge in [-0.05, 0) is 60.5 Å². The van der Waals surface area contributed by atoms with Crippen LogP contribution in [0.1, 0.15) is 21.5 Å². The highest BCUT2D eigenvalue weighted by Crippen LogP contribution is 2.32. The van der Waals surface area contributed by atoms with Crippen molar-refractivity contribution < 1.29 is 17.9 Å². The Morgan fingerprint density at radius 3 is 2.31 bits per heavy atom. The monoisotopic (exact) mass is 500 g/mol. The van der Waals surface area contributed by atoms with Gasteiger partial charge >= 0.3 is 0 Å². The number of rotatable bonds is 7. The molecule has 8 nitrogen and oxygen atoms in total. The highest BCUT2D eigenvalue weighted by atomic mass is 32.2. The van der Waals surface area contributed by atoms with E-state index < -0.39 is 10.0 Å². The van der Waals surface area contributed by atoms with Crippen molar-refractivity contribution in [3.63, 3.8) is 0 Å². The molecule has 4 aromatic rings. The first-order valence-electron chi connectivity index (χ1n) is 10.9. The molecule has 36 heavy (non-hydrogen) atoms. The van der Waals surface area contributed by atoms with Crippen LogP contribution in [0.4, 0.5) is 5.69 Å². The molecule has 0 heterocycles. The SMILES string of the molecule is Cc1ccc(NC(=O)c2ccc(-c3ccccc3S(N)(=O)=O)cc2)c(Oc2cccc(C(=N)N)c2)c1. The van der Waals surface area contributed by atoms with Gasteiger partial charge in [-0.15, -0.1) is 0 Å². The van der Waals surface area contributed by atoms with Crippen molar-refractivity contribution in [3.8, 4) is 22.6 Å². The number of ether oxygens (including phenoxy) is 1. The van der Waals surface area contributed by atoms with Crippen molar-refractivity contribution in [3.05, 3.63) is 108 Å². The topological polar surface area (TPSA) is 148 Å². The number of carbonyl (C=O) groups excluding carboxylic acids is 1. The van der Waals surface area contributed by atoms with Gasteiger partial charge in [0, 0.05) is 16.7 Å². The quantitative estimate of drug-likeness (QED) is 0.215. The fraction of sp³-hybridized carbons (Fsp3) is 0.0370. The normalized spacial score (nSPS) is 11.1. The first-order valence-corrected chi connectivity index (χ1v) is 12.4. The average molecular weight is 501 g/mol. The maximum absolute atomic E-state index is 13.0. The summed E-state index contributed by atoms with van der Waals surface area (Å²) in [5, 5.41) is 15.8. The summed E-state index contributed by atoms with van der Waals surface area (Å²) >= 11 is 0. The molecule has 0 fully saturated rings. The maximum atomic E-state index is 13.0. The van der Waals surface area contributed by atoms with Crippen molar-refractivity contribution in [1.29, 1.82) is 5.41 Å². The molecule has 0 saturated carbocycles. The average Bonchev–Trinajstić information content (AvgIpc) is 2.85. The van der Waals surface area contributed by atoms with Crippen LogP contribution in [0.2, 0.25) is 0 Å². The molecular formula is C27H24N4O4S. The first kappa shape index (κ1) is 24.6. The molecule has 9 heteroatoms. The van der Waals surface area contributed by atoms with Crippen LogP contribution >= 0.6 is 0 Å². The predicted molar refractivity (Wildman–Crippen MR) is 140 cm³/mol. The highest BCUT2D eigenvalue weighted by Gasteiger charge is 2.16. The number of sulfonamides is 1. The Bertz CT molecular complexity index is 1570. The van der Waals surface area contributed by atoms with Crippen molar-refractivity contribution in [2.75, 3.05) is 5.32 Å². The van der Waals surface area contributed by atoms with Crippen LogP contribution in [0.25, 0.3) is 11.1 Å². The molecule has 1 amide bonds. The van der Waals surface area contributed by atoms with Crippen LogP contribution in [0, 0.1) is 12.3 Å². The number of hydrogen-bond donors (Lipinski definition) is 4. The molecule has 0 aliphatic carbocycles. The van der Waals surface area contributed by atoms with Crippen LogP contribution in [0.3, 0.4) is 0 Å². The number of benzene rings is 4. The van der Waals surface area contributed by atoms with Crippen LogP contribution in [-0.4, -0.2) is 20.2 Å². The van der Waals surface area contributed by atoms with E-state index >= 15 is 0 Å². The van der Waals surface area contributed by atoms with E-state index in [1.54, 1.807) is 78.9 Å². The predicted octanol–water partition coefficient (Wildman–Crippen LogP) is 4.64. The molecule has 0 radical (unpaired) electrons. The lowest BCUT2D eigenvalue weighted by Crippen LogP contribution is -2.14. The number of nitrogens with one attached hydrogen (secondary N) is 2. The van der Waals surface area contributed by atoms with Gasteiger partial charge < -0.3 is 15.8 Å². The van der Waals surface area contributed by atoms with E-state index in [0.29, 0.717) is 39.4 Å². The van der Waals surface area contributed by atoms with Crippen LogP contribution in [0.5, 0.6) is 11.5 Å². The number of carbonyl (C=O) groups is 1. The summed E-state index contributed by atoms with van der Waals surface area (Å²) in [5.74, 6) is 0.463. The second-order valence-electron chi connectivity index (χ2n) is 8.12. The van der Waals surface area contributed by atoms with Gasteiger partial charge in [0.1, 0.15) is 11.6 Å². The molecular weight excluding hydrogens is 476 g/mol. The van der Waals surface area contributed by atoms with E-state index in [2.05, 4.69) is 5.32 Å². The molecule has 0 spiro atoms. The first-order chi connectivity index (χ1) is 17.1. The molecule has 0 aliphatic heterocycles. The summed E-state index contributed by atoms with van der Waals surface area (Å²) in [4.78, 5) is 13.0. The zero-order chi connectivity index (χ0) is 25.9. The third kappa shape index (κ3) is 5.60. The number of amides is 1. The third-order valence-electron chi connectivity index (χ3n) is 5.41. The molecule has 0 unspecified atom stereocenters. The Kier molecular flexibility index (Phi) is 6.86. The minimum atomic E-state index is -3.90. The largest absolute Gasteiger partial charge is 0.455 e. The number of aryl methyl sites for hydroxylation is 1. The van der Waals surface area contributed by atoms with Gasteiger partial charge in [0.15, 0.2) is 5.75 Å². The van der Waals surface area contributed by atoms with Gasteiger partial charge in [-0.3, -0.25) is 10.2 Å². The number of hydrogen-bond acceptors (Lipinski definition) is 5. The van der Waals surface area contributed by atoms with E-state index in [1.807, 2.05) is 13.0 Å². The van der Waals surface area contributed by atoms with Crippen molar-refractivity contribution >= 4 is 27.5 Å². The lowest BCUT2D eigenvalue weighted by Gasteiger charge is -2.14. The van der Waals surface area contributed by atoms with Crippen LogP contribution in [-0.2, 0) is 10.0 Å². The Morgan fingerprint density at radius 1 is 0.889 bits per heavy atom. The minimum absolute atomic E-state index is 0.0116. The summed E-state index contributed by atoms with van der Waals surface area (Å²) in [6, 6.07) is 25.2. The number of primary sulfonamides is 1. The number of nitrogen functional groups attached to an aromatic ring is 1.